The molecule has 1 aromatic heterocycles. The molecule has 0 atom stereocenters. The van der Waals surface area contributed by atoms with Crippen LogP contribution in [0.1, 0.15) is 26.5 Å². The molecular formula is C13H19N. The molecule has 1 heterocycles. The molecule has 0 aliphatic carbocycles. The van der Waals surface area contributed by atoms with Gasteiger partial charge in [0.2, 0.25) is 0 Å². The molecule has 0 aliphatic heterocycles. The molecule has 76 valence electrons. The summed E-state index contributed by atoms with van der Waals surface area (Å²) in [5, 5.41) is 2.05. The van der Waals surface area contributed by atoms with Crippen LogP contribution in [0.15, 0.2) is 24.4 Å². The predicted molar refractivity (Wildman–Crippen MR) is 64.4 cm³/mol. The molecule has 0 amide bonds. The van der Waals surface area contributed by atoms with Crippen molar-refractivity contribution in [2.24, 2.45) is 0 Å². The highest BCUT2D eigenvalue weighted by Crippen LogP contribution is 1.85. The van der Waals surface area contributed by atoms with Gasteiger partial charge in [-0.25, -0.2) is 0 Å². The molecule has 0 aromatic carbocycles. The third-order valence-electron chi connectivity index (χ3n) is 1.56. The lowest BCUT2D eigenvalue weighted by atomic mass is 10.2. The average Bonchev–Trinajstić information content (AvgIpc) is 2.13. The molecule has 1 nitrogen and oxygen atoms in total. The van der Waals surface area contributed by atoms with Crippen molar-refractivity contribution >= 4 is 12.7 Å². The van der Waals surface area contributed by atoms with Gasteiger partial charge in [0, 0.05) is 11.9 Å². The van der Waals surface area contributed by atoms with Gasteiger partial charge < -0.3 is 0 Å². The molecule has 1 rings (SSSR count). The Bertz CT molecular complexity index is 402. The molecule has 0 saturated heterocycles. The zero-order valence-electron chi connectivity index (χ0n) is 9.59. The molecule has 0 bridgehead atoms. The summed E-state index contributed by atoms with van der Waals surface area (Å²) >= 11 is 0. The third-order valence-corrected chi connectivity index (χ3v) is 1.56. The molecule has 0 fully saturated rings. The summed E-state index contributed by atoms with van der Waals surface area (Å²) in [6, 6.07) is 1.97. The fourth-order valence-electron chi connectivity index (χ4n) is 1.02. The van der Waals surface area contributed by atoms with Crippen molar-refractivity contribution < 1.29 is 0 Å². The van der Waals surface area contributed by atoms with Crippen LogP contribution in [0.3, 0.4) is 0 Å². The molecule has 0 spiro atoms. The van der Waals surface area contributed by atoms with E-state index in [2.05, 4.69) is 18.1 Å². The molecule has 0 aliphatic rings. The van der Waals surface area contributed by atoms with Crippen molar-refractivity contribution in [3.63, 3.8) is 0 Å². The number of pyridine rings is 1. The van der Waals surface area contributed by atoms with Gasteiger partial charge in [-0.1, -0.05) is 38.7 Å². The Hall–Kier alpha value is -1.37. The van der Waals surface area contributed by atoms with Crippen LogP contribution in [0.2, 0.25) is 0 Å². The molecule has 1 aromatic rings. The van der Waals surface area contributed by atoms with Crippen LogP contribution in [0, 0.1) is 6.92 Å². The Kier molecular flexibility index (Phi) is 5.54. The van der Waals surface area contributed by atoms with E-state index in [4.69, 9.17) is 0 Å². The fraction of sp³-hybridized carbons (Fsp3) is 0.308. The molecule has 0 radical (unpaired) electrons. The lowest BCUT2D eigenvalue weighted by Crippen LogP contribution is -2.24. The van der Waals surface area contributed by atoms with E-state index in [9.17, 15) is 0 Å². The van der Waals surface area contributed by atoms with E-state index in [-0.39, 0.29) is 0 Å². The van der Waals surface area contributed by atoms with Crippen LogP contribution in [0.25, 0.3) is 12.7 Å². The average molecular weight is 189 g/mol. The maximum Gasteiger partial charge on any atom is 0.0378 e. The topological polar surface area (TPSA) is 12.9 Å². The Morgan fingerprint density at radius 1 is 1.43 bits per heavy atom. The van der Waals surface area contributed by atoms with Crippen LogP contribution in [0.5, 0.6) is 0 Å². The van der Waals surface area contributed by atoms with Crippen LogP contribution < -0.4 is 10.4 Å². The van der Waals surface area contributed by atoms with E-state index in [1.807, 2.05) is 46.0 Å². The number of hydrogen-bond acceptors (Lipinski definition) is 1. The monoisotopic (exact) mass is 189 g/mol. The highest BCUT2D eigenvalue weighted by Gasteiger charge is 1.85. The van der Waals surface area contributed by atoms with Crippen molar-refractivity contribution in [3.05, 3.63) is 40.5 Å². The summed E-state index contributed by atoms with van der Waals surface area (Å²) in [5.41, 5.74) is 2.02. The molecule has 1 heteroatoms. The highest BCUT2D eigenvalue weighted by molar-refractivity contribution is 5.43. The molecule has 0 unspecified atom stereocenters. The second-order valence-corrected chi connectivity index (χ2v) is 3.02. The van der Waals surface area contributed by atoms with Gasteiger partial charge in [0.1, 0.15) is 0 Å². The summed E-state index contributed by atoms with van der Waals surface area (Å²) in [7, 11) is 0. The first-order chi connectivity index (χ1) is 6.59. The SMILES string of the molecule is C=C(C)/C=c1/cnc(C)cc1=C.CC. The van der Waals surface area contributed by atoms with Gasteiger partial charge in [-0.15, -0.1) is 0 Å². The van der Waals surface area contributed by atoms with Crippen molar-refractivity contribution in [3.8, 4) is 0 Å². The largest absolute Gasteiger partial charge is 0.261 e. The number of nitrogens with zero attached hydrogens (tertiary/aromatic N) is 1. The second kappa shape index (κ2) is 6.14. The zero-order chi connectivity index (χ0) is 11.1. The number of aromatic nitrogens is 1. The van der Waals surface area contributed by atoms with E-state index in [1.54, 1.807) is 0 Å². The fourth-order valence-corrected chi connectivity index (χ4v) is 1.02. The predicted octanol–water partition coefficient (Wildman–Crippen LogP) is 2.18. The minimum atomic E-state index is 0.999. The van der Waals surface area contributed by atoms with E-state index in [1.165, 1.54) is 0 Å². The van der Waals surface area contributed by atoms with Crippen molar-refractivity contribution in [1.29, 1.82) is 0 Å². The van der Waals surface area contributed by atoms with E-state index < -0.39 is 0 Å². The van der Waals surface area contributed by atoms with E-state index in [0.717, 1.165) is 21.7 Å². The molecule has 0 N–H and O–H groups in total. The second-order valence-electron chi connectivity index (χ2n) is 3.02. The first-order valence-corrected chi connectivity index (χ1v) is 4.88. The zero-order valence-corrected chi connectivity index (χ0v) is 9.59. The highest BCUT2D eigenvalue weighted by atomic mass is 14.6. The van der Waals surface area contributed by atoms with E-state index in [0.29, 0.717) is 0 Å². The molecule has 0 saturated carbocycles. The first kappa shape index (κ1) is 12.6. The van der Waals surface area contributed by atoms with Crippen LogP contribution >= 0.6 is 0 Å². The minimum Gasteiger partial charge on any atom is -0.261 e. The third kappa shape index (κ3) is 4.04. The first-order valence-electron chi connectivity index (χ1n) is 4.88. The van der Waals surface area contributed by atoms with Gasteiger partial charge >= 0.3 is 0 Å². The maximum atomic E-state index is 4.18. The van der Waals surface area contributed by atoms with Gasteiger partial charge in [-0.05, 0) is 30.4 Å². The standard InChI is InChI=1S/C11H13N.C2H6/c1-8(2)5-11-7-12-10(4)6-9(11)3;1-2/h5-7H,1,3H2,2,4H3;1-2H3/b11-5-;. The van der Waals surface area contributed by atoms with Crippen LogP contribution in [0.4, 0.5) is 0 Å². The van der Waals surface area contributed by atoms with Gasteiger partial charge in [-0.3, -0.25) is 4.98 Å². The number of rotatable bonds is 1. The van der Waals surface area contributed by atoms with E-state index >= 15 is 0 Å². The number of allylic oxidation sites excluding steroid dienone is 1. The number of hydrogen-bond donors (Lipinski definition) is 0. The van der Waals surface area contributed by atoms with Crippen molar-refractivity contribution in [2.45, 2.75) is 27.7 Å². The molecule has 14 heavy (non-hydrogen) atoms. The smallest absolute Gasteiger partial charge is 0.0378 e. The Morgan fingerprint density at radius 2 is 2.00 bits per heavy atom. The minimum absolute atomic E-state index is 0.999. The quantitative estimate of drug-likeness (QED) is 0.660. The maximum absolute atomic E-state index is 4.18. The van der Waals surface area contributed by atoms with Crippen LogP contribution in [-0.2, 0) is 0 Å². The Morgan fingerprint density at radius 3 is 2.43 bits per heavy atom. The molecular weight excluding hydrogens is 170 g/mol. The van der Waals surface area contributed by atoms with Gasteiger partial charge in [0.05, 0.1) is 0 Å². The number of aryl methyl sites for hydroxylation is 1. The normalized spacial score (nSPS) is 10.4. The van der Waals surface area contributed by atoms with Crippen molar-refractivity contribution in [1.82, 2.24) is 4.98 Å². The summed E-state index contributed by atoms with van der Waals surface area (Å²) in [6.07, 6.45) is 3.81. The van der Waals surface area contributed by atoms with Crippen molar-refractivity contribution in [2.75, 3.05) is 0 Å². The van der Waals surface area contributed by atoms with Crippen LogP contribution in [-0.4, -0.2) is 4.98 Å². The summed E-state index contributed by atoms with van der Waals surface area (Å²) in [5.74, 6) is 0. The lowest BCUT2D eigenvalue weighted by Gasteiger charge is -1.92. The van der Waals surface area contributed by atoms with Gasteiger partial charge in [-0.2, -0.15) is 0 Å². The summed E-state index contributed by atoms with van der Waals surface area (Å²) in [4.78, 5) is 4.18. The van der Waals surface area contributed by atoms with Gasteiger partial charge in [0.15, 0.2) is 0 Å². The summed E-state index contributed by atoms with van der Waals surface area (Å²) < 4.78 is 0. The Labute approximate surface area is 86.5 Å². The van der Waals surface area contributed by atoms with Gasteiger partial charge in [0.25, 0.3) is 0 Å². The Balaban J connectivity index is 0.000000791. The summed E-state index contributed by atoms with van der Waals surface area (Å²) in [6.45, 7) is 15.6. The lowest BCUT2D eigenvalue weighted by molar-refractivity contribution is 1.17.